The summed E-state index contributed by atoms with van der Waals surface area (Å²) >= 11 is 3.44. The van der Waals surface area contributed by atoms with Crippen molar-refractivity contribution < 1.29 is 22.8 Å². The molecule has 0 radical (unpaired) electrons. The van der Waals surface area contributed by atoms with Gasteiger partial charge in [-0.1, -0.05) is 34.1 Å². The van der Waals surface area contributed by atoms with Gasteiger partial charge in [-0.3, -0.25) is 9.59 Å². The van der Waals surface area contributed by atoms with Gasteiger partial charge in [-0.2, -0.15) is 13.2 Å². The van der Waals surface area contributed by atoms with Crippen LogP contribution in [0.4, 0.5) is 24.5 Å². The van der Waals surface area contributed by atoms with Crippen molar-refractivity contribution in [2.45, 2.75) is 25.9 Å². The van der Waals surface area contributed by atoms with Crippen LogP contribution in [0.15, 0.2) is 46.9 Å². The topological polar surface area (TPSA) is 49.4 Å². The van der Waals surface area contributed by atoms with E-state index in [4.69, 9.17) is 0 Å². The van der Waals surface area contributed by atoms with Crippen molar-refractivity contribution in [3.05, 3.63) is 58.1 Å². The molecule has 1 N–H and O–H groups in total. The van der Waals surface area contributed by atoms with Crippen LogP contribution in [0.3, 0.4) is 0 Å². The number of carbonyl (C=O) groups is 2. The third kappa shape index (κ3) is 4.06. The number of nitrogens with one attached hydrogen (secondary N) is 1. The summed E-state index contributed by atoms with van der Waals surface area (Å²) in [5.41, 5.74) is 0.352. The van der Waals surface area contributed by atoms with Crippen molar-refractivity contribution in [1.82, 2.24) is 0 Å². The van der Waals surface area contributed by atoms with Crippen LogP contribution in [-0.4, -0.2) is 18.4 Å². The fraction of sp³-hybridized carbons (Fsp3) is 0.300. The predicted octanol–water partition coefficient (Wildman–Crippen LogP) is 5.02. The number of alkyl halides is 3. The molecule has 3 rings (SSSR count). The zero-order valence-corrected chi connectivity index (χ0v) is 16.6. The quantitative estimate of drug-likeness (QED) is 0.659. The molecule has 0 saturated carbocycles. The predicted molar refractivity (Wildman–Crippen MR) is 104 cm³/mol. The molecule has 4 nitrogen and oxygen atoms in total. The Balaban J connectivity index is 1.91. The molecule has 8 heteroatoms. The molecule has 0 aliphatic carbocycles. The fourth-order valence-electron chi connectivity index (χ4n) is 3.27. The van der Waals surface area contributed by atoms with E-state index >= 15 is 0 Å². The third-order valence-corrected chi connectivity index (χ3v) is 5.50. The first-order chi connectivity index (χ1) is 13.2. The Morgan fingerprint density at radius 1 is 1.14 bits per heavy atom. The highest BCUT2D eigenvalue weighted by Gasteiger charge is 2.37. The Morgan fingerprint density at radius 2 is 1.86 bits per heavy atom. The van der Waals surface area contributed by atoms with Gasteiger partial charge in [0.05, 0.1) is 16.9 Å². The summed E-state index contributed by atoms with van der Waals surface area (Å²) in [4.78, 5) is 27.0. The summed E-state index contributed by atoms with van der Waals surface area (Å²) in [6.07, 6.45) is -3.80. The standard InChI is InChI=1S/C20H18BrF3N2O2/c1-2-26-17-10-8-13(20(22,23)24)11-16(17)25-18(27)14(19(26)28)9-7-12-5-3-4-6-15(12)21/h3-6,8,10-11,14H,2,7,9H2,1H3,(H,25,27). The second kappa shape index (κ2) is 7.95. The molecule has 2 amide bonds. The number of nitrogens with zero attached hydrogens (tertiary/aromatic N) is 1. The van der Waals surface area contributed by atoms with Crippen LogP contribution >= 0.6 is 15.9 Å². The smallest absolute Gasteiger partial charge is 0.324 e. The van der Waals surface area contributed by atoms with E-state index in [9.17, 15) is 22.8 Å². The van der Waals surface area contributed by atoms with Gasteiger partial charge in [0.1, 0.15) is 5.92 Å². The first kappa shape index (κ1) is 20.4. The van der Waals surface area contributed by atoms with Crippen molar-refractivity contribution in [2.24, 2.45) is 5.92 Å². The lowest BCUT2D eigenvalue weighted by Gasteiger charge is -2.23. The SMILES string of the molecule is CCN1C(=O)C(CCc2ccccc2Br)C(=O)Nc2cc(C(F)(F)F)ccc21. The van der Waals surface area contributed by atoms with Crippen molar-refractivity contribution in [2.75, 3.05) is 16.8 Å². The van der Waals surface area contributed by atoms with Gasteiger partial charge < -0.3 is 10.2 Å². The Labute approximate surface area is 168 Å². The van der Waals surface area contributed by atoms with Gasteiger partial charge in [-0.25, -0.2) is 0 Å². The van der Waals surface area contributed by atoms with Crippen LogP contribution in [0.1, 0.15) is 24.5 Å². The minimum Gasteiger partial charge on any atom is -0.324 e. The van der Waals surface area contributed by atoms with E-state index < -0.39 is 29.5 Å². The molecule has 0 bridgehead atoms. The number of carbonyl (C=O) groups excluding carboxylic acids is 2. The van der Waals surface area contributed by atoms with Crippen LogP contribution in [0, 0.1) is 5.92 Å². The summed E-state index contributed by atoms with van der Waals surface area (Å²) in [7, 11) is 0. The number of amides is 2. The molecule has 1 heterocycles. The Hall–Kier alpha value is -2.35. The lowest BCUT2D eigenvalue weighted by Crippen LogP contribution is -2.39. The third-order valence-electron chi connectivity index (χ3n) is 4.73. The van der Waals surface area contributed by atoms with Crippen molar-refractivity contribution in [3.8, 4) is 0 Å². The van der Waals surface area contributed by atoms with Gasteiger partial charge in [0, 0.05) is 11.0 Å². The summed E-state index contributed by atoms with van der Waals surface area (Å²) < 4.78 is 40.0. The molecule has 1 atom stereocenters. The first-order valence-corrected chi connectivity index (χ1v) is 9.58. The first-order valence-electron chi connectivity index (χ1n) is 8.79. The average Bonchev–Trinajstić information content (AvgIpc) is 2.73. The van der Waals surface area contributed by atoms with Crippen molar-refractivity contribution >= 4 is 39.1 Å². The van der Waals surface area contributed by atoms with Crippen LogP contribution in [0.5, 0.6) is 0 Å². The minimum atomic E-state index is -4.54. The van der Waals surface area contributed by atoms with Gasteiger partial charge in [0.2, 0.25) is 11.8 Å². The number of hydrogen-bond acceptors (Lipinski definition) is 2. The highest BCUT2D eigenvalue weighted by Crippen LogP contribution is 2.38. The molecule has 1 aliphatic rings. The molecular weight excluding hydrogens is 437 g/mol. The molecule has 0 saturated heterocycles. The number of benzene rings is 2. The maximum atomic E-state index is 13.0. The number of rotatable bonds is 4. The van der Waals surface area contributed by atoms with E-state index in [1.807, 2.05) is 24.3 Å². The van der Waals surface area contributed by atoms with E-state index in [-0.39, 0.29) is 24.3 Å². The zero-order chi connectivity index (χ0) is 20.5. The Kier molecular flexibility index (Phi) is 5.79. The van der Waals surface area contributed by atoms with Gasteiger partial charge in [0.15, 0.2) is 0 Å². The molecule has 0 spiro atoms. The molecule has 1 unspecified atom stereocenters. The number of halogens is 4. The Morgan fingerprint density at radius 3 is 2.50 bits per heavy atom. The van der Waals surface area contributed by atoms with Crippen LogP contribution < -0.4 is 10.2 Å². The normalized spacial score (nSPS) is 17.2. The van der Waals surface area contributed by atoms with E-state index in [2.05, 4.69) is 21.2 Å². The van der Waals surface area contributed by atoms with Crippen molar-refractivity contribution in [3.63, 3.8) is 0 Å². The highest BCUT2D eigenvalue weighted by atomic mass is 79.9. The van der Waals surface area contributed by atoms with Gasteiger partial charge in [-0.15, -0.1) is 0 Å². The molecule has 1 aliphatic heterocycles. The fourth-order valence-corrected chi connectivity index (χ4v) is 3.75. The van der Waals surface area contributed by atoms with Gasteiger partial charge in [0.25, 0.3) is 0 Å². The second-order valence-corrected chi connectivity index (χ2v) is 7.34. The van der Waals surface area contributed by atoms with E-state index in [1.165, 1.54) is 11.0 Å². The van der Waals surface area contributed by atoms with Crippen LogP contribution in [0.2, 0.25) is 0 Å². The van der Waals surface area contributed by atoms with E-state index in [1.54, 1.807) is 6.92 Å². The lowest BCUT2D eigenvalue weighted by atomic mass is 9.97. The monoisotopic (exact) mass is 454 g/mol. The van der Waals surface area contributed by atoms with E-state index in [0.29, 0.717) is 6.42 Å². The summed E-state index contributed by atoms with van der Waals surface area (Å²) in [5.74, 6) is -1.98. The molecule has 28 heavy (non-hydrogen) atoms. The Bertz CT molecular complexity index is 915. The molecule has 148 valence electrons. The molecule has 0 fully saturated rings. The molecule has 2 aromatic carbocycles. The lowest BCUT2D eigenvalue weighted by molar-refractivity contribution is -0.137. The summed E-state index contributed by atoms with van der Waals surface area (Å²) in [6.45, 7) is 1.97. The van der Waals surface area contributed by atoms with Gasteiger partial charge >= 0.3 is 6.18 Å². The zero-order valence-electron chi connectivity index (χ0n) is 15.0. The highest BCUT2D eigenvalue weighted by molar-refractivity contribution is 9.10. The molecule has 0 aromatic heterocycles. The molecular formula is C20H18BrF3N2O2. The average molecular weight is 455 g/mol. The van der Waals surface area contributed by atoms with E-state index in [0.717, 1.165) is 22.2 Å². The number of aryl methyl sites for hydroxylation is 1. The summed E-state index contributed by atoms with van der Waals surface area (Å²) in [5, 5.41) is 2.52. The maximum Gasteiger partial charge on any atom is 0.416 e. The van der Waals surface area contributed by atoms with Crippen LogP contribution in [0.25, 0.3) is 0 Å². The van der Waals surface area contributed by atoms with Gasteiger partial charge in [-0.05, 0) is 49.6 Å². The largest absolute Gasteiger partial charge is 0.416 e. The second-order valence-electron chi connectivity index (χ2n) is 6.48. The number of fused-ring (bicyclic) bond motifs is 1. The summed E-state index contributed by atoms with van der Waals surface area (Å²) in [6, 6.07) is 10.5. The number of anilines is 2. The van der Waals surface area contributed by atoms with Crippen molar-refractivity contribution in [1.29, 1.82) is 0 Å². The molecule has 2 aromatic rings. The maximum absolute atomic E-state index is 13.0. The number of hydrogen-bond donors (Lipinski definition) is 1. The van der Waals surface area contributed by atoms with Crippen LogP contribution in [-0.2, 0) is 22.2 Å². The minimum absolute atomic E-state index is 0.00147.